The van der Waals surface area contributed by atoms with Crippen LogP contribution in [0.15, 0.2) is 73.1 Å². The van der Waals surface area contributed by atoms with E-state index < -0.39 is 11.6 Å². The van der Waals surface area contributed by atoms with Crippen LogP contribution in [0.5, 0.6) is 11.5 Å². The molecule has 5 nitrogen and oxygen atoms in total. The number of amides is 1. The molecule has 27 heavy (non-hydrogen) atoms. The Labute approximate surface area is 155 Å². The number of carbonyl (C=O) groups is 1. The van der Waals surface area contributed by atoms with Crippen LogP contribution in [0.4, 0.5) is 10.1 Å². The largest absolute Gasteiger partial charge is 0.505 e. The van der Waals surface area contributed by atoms with Crippen molar-refractivity contribution in [2.45, 2.75) is 6.61 Å². The summed E-state index contributed by atoms with van der Waals surface area (Å²) in [5.41, 5.74) is 2.09. The third-order valence-electron chi connectivity index (χ3n) is 3.65. The number of aromatic hydroxyl groups is 1. The number of phenols is 1. The van der Waals surface area contributed by atoms with Crippen LogP contribution in [-0.2, 0) is 11.4 Å². The van der Waals surface area contributed by atoms with Gasteiger partial charge in [0.1, 0.15) is 12.4 Å². The number of aromatic nitrogens is 1. The molecule has 0 spiro atoms. The molecular formula is C21H17FN2O3. The van der Waals surface area contributed by atoms with E-state index >= 15 is 0 Å². The molecule has 6 heteroatoms. The third-order valence-corrected chi connectivity index (χ3v) is 3.65. The zero-order valence-electron chi connectivity index (χ0n) is 14.3. The zero-order chi connectivity index (χ0) is 19.1. The molecule has 1 aromatic heterocycles. The molecule has 0 fully saturated rings. The number of pyridine rings is 1. The molecule has 0 aliphatic rings. The first kappa shape index (κ1) is 18.1. The Balaban J connectivity index is 1.59. The monoisotopic (exact) mass is 364 g/mol. The van der Waals surface area contributed by atoms with E-state index in [1.807, 2.05) is 12.1 Å². The number of rotatable bonds is 6. The Hall–Kier alpha value is -3.67. The van der Waals surface area contributed by atoms with Crippen molar-refractivity contribution < 1.29 is 19.0 Å². The van der Waals surface area contributed by atoms with E-state index in [-0.39, 0.29) is 5.91 Å². The van der Waals surface area contributed by atoms with E-state index in [2.05, 4.69) is 10.3 Å². The average Bonchev–Trinajstić information content (AvgIpc) is 2.68. The van der Waals surface area contributed by atoms with Gasteiger partial charge in [0.25, 0.3) is 0 Å². The van der Waals surface area contributed by atoms with Gasteiger partial charge in [-0.1, -0.05) is 12.1 Å². The second-order valence-corrected chi connectivity index (χ2v) is 5.71. The highest BCUT2D eigenvalue weighted by Gasteiger charge is 2.03. The minimum absolute atomic E-state index is 0.356. The van der Waals surface area contributed by atoms with Gasteiger partial charge in [0.2, 0.25) is 5.91 Å². The minimum Gasteiger partial charge on any atom is -0.505 e. The number of ether oxygens (including phenoxy) is 1. The van der Waals surface area contributed by atoms with Gasteiger partial charge in [0.05, 0.1) is 0 Å². The smallest absolute Gasteiger partial charge is 0.248 e. The fourth-order valence-electron chi connectivity index (χ4n) is 2.30. The first-order chi connectivity index (χ1) is 13.1. The summed E-state index contributed by atoms with van der Waals surface area (Å²) in [5, 5.41) is 12.1. The van der Waals surface area contributed by atoms with Gasteiger partial charge in [0.15, 0.2) is 11.6 Å². The van der Waals surface area contributed by atoms with Crippen molar-refractivity contribution in [1.29, 1.82) is 0 Å². The van der Waals surface area contributed by atoms with E-state index in [0.717, 1.165) is 11.6 Å². The molecule has 0 radical (unpaired) electrons. The van der Waals surface area contributed by atoms with Crippen molar-refractivity contribution in [3.63, 3.8) is 0 Å². The average molecular weight is 364 g/mol. The summed E-state index contributed by atoms with van der Waals surface area (Å²) in [6.45, 7) is 0.397. The van der Waals surface area contributed by atoms with Gasteiger partial charge in [0, 0.05) is 30.2 Å². The number of benzene rings is 2. The van der Waals surface area contributed by atoms with Crippen LogP contribution in [0, 0.1) is 5.82 Å². The van der Waals surface area contributed by atoms with E-state index in [9.17, 15) is 14.3 Å². The molecule has 2 N–H and O–H groups in total. The van der Waals surface area contributed by atoms with Gasteiger partial charge < -0.3 is 15.2 Å². The van der Waals surface area contributed by atoms with Crippen molar-refractivity contribution in [2.24, 2.45) is 0 Å². The van der Waals surface area contributed by atoms with E-state index in [1.54, 1.807) is 36.7 Å². The maximum Gasteiger partial charge on any atom is 0.248 e. The predicted molar refractivity (Wildman–Crippen MR) is 101 cm³/mol. The van der Waals surface area contributed by atoms with Gasteiger partial charge >= 0.3 is 0 Å². The van der Waals surface area contributed by atoms with Gasteiger partial charge in [-0.25, -0.2) is 4.39 Å². The predicted octanol–water partition coefficient (Wildman–Crippen LogP) is 4.16. The lowest BCUT2D eigenvalue weighted by Gasteiger charge is -2.08. The summed E-state index contributed by atoms with van der Waals surface area (Å²) in [7, 11) is 0. The summed E-state index contributed by atoms with van der Waals surface area (Å²) in [6.07, 6.45) is 6.18. The number of carbonyl (C=O) groups excluding carboxylic acids is 1. The topological polar surface area (TPSA) is 71.5 Å². The fourth-order valence-corrected chi connectivity index (χ4v) is 2.30. The van der Waals surface area contributed by atoms with Crippen molar-refractivity contribution in [3.05, 3.63) is 90.0 Å². The molecule has 3 rings (SSSR count). The molecule has 136 valence electrons. The Bertz CT molecular complexity index is 959. The lowest BCUT2D eigenvalue weighted by Crippen LogP contribution is -2.07. The Kier molecular flexibility index (Phi) is 5.79. The highest BCUT2D eigenvalue weighted by Crippen LogP contribution is 2.19. The summed E-state index contributed by atoms with van der Waals surface area (Å²) in [4.78, 5) is 16.0. The van der Waals surface area contributed by atoms with Crippen LogP contribution in [0.25, 0.3) is 6.08 Å². The summed E-state index contributed by atoms with van der Waals surface area (Å²) < 4.78 is 18.7. The fraction of sp³-hybridized carbons (Fsp3) is 0.0476. The Morgan fingerprint density at radius 2 is 1.96 bits per heavy atom. The summed E-state index contributed by atoms with van der Waals surface area (Å²) in [6, 6.07) is 14.6. The molecule has 3 aromatic rings. The van der Waals surface area contributed by atoms with Crippen molar-refractivity contribution >= 4 is 17.7 Å². The molecule has 0 atom stereocenters. The number of phenolic OH excluding ortho intramolecular Hbond substituents is 1. The molecular weight excluding hydrogens is 347 g/mol. The molecule has 0 aliphatic heterocycles. The van der Waals surface area contributed by atoms with Crippen LogP contribution in [0.3, 0.4) is 0 Å². The van der Waals surface area contributed by atoms with E-state index in [1.165, 1.54) is 24.3 Å². The van der Waals surface area contributed by atoms with Crippen LogP contribution >= 0.6 is 0 Å². The number of nitrogens with one attached hydrogen (secondary N) is 1. The standard InChI is InChI=1S/C21H17FN2O3/c22-19-6-4-15(12-20(19)25)5-7-21(26)24-17-2-1-3-18(13-17)27-14-16-8-10-23-11-9-16/h1-13,25H,14H2,(H,24,26)/b7-5+. The molecule has 1 heterocycles. The number of hydrogen-bond acceptors (Lipinski definition) is 4. The van der Waals surface area contributed by atoms with Gasteiger partial charge in [-0.2, -0.15) is 0 Å². The van der Waals surface area contributed by atoms with Crippen LogP contribution < -0.4 is 10.1 Å². The maximum atomic E-state index is 13.0. The highest BCUT2D eigenvalue weighted by molar-refractivity contribution is 6.02. The molecule has 0 bridgehead atoms. The van der Waals surface area contributed by atoms with E-state index in [0.29, 0.717) is 23.6 Å². The lowest BCUT2D eigenvalue weighted by molar-refractivity contribution is -0.111. The number of halogens is 1. The van der Waals surface area contributed by atoms with Crippen molar-refractivity contribution in [3.8, 4) is 11.5 Å². The molecule has 2 aromatic carbocycles. The van der Waals surface area contributed by atoms with Gasteiger partial charge in [-0.3, -0.25) is 9.78 Å². The maximum absolute atomic E-state index is 13.0. The lowest BCUT2D eigenvalue weighted by atomic mass is 10.2. The second-order valence-electron chi connectivity index (χ2n) is 5.71. The summed E-state index contributed by atoms with van der Waals surface area (Å²) in [5.74, 6) is -0.904. The molecule has 1 amide bonds. The quantitative estimate of drug-likeness (QED) is 0.645. The van der Waals surface area contributed by atoms with E-state index in [4.69, 9.17) is 4.74 Å². The van der Waals surface area contributed by atoms with Crippen LogP contribution in [0.2, 0.25) is 0 Å². The van der Waals surface area contributed by atoms with Crippen molar-refractivity contribution in [2.75, 3.05) is 5.32 Å². The molecule has 0 unspecified atom stereocenters. The molecule has 0 aliphatic carbocycles. The molecule has 0 saturated carbocycles. The second kappa shape index (κ2) is 8.62. The van der Waals surface area contributed by atoms with Crippen LogP contribution in [0.1, 0.15) is 11.1 Å². The normalized spacial score (nSPS) is 10.7. The highest BCUT2D eigenvalue weighted by atomic mass is 19.1. The SMILES string of the molecule is O=C(/C=C/c1ccc(F)c(O)c1)Nc1cccc(OCc2ccncc2)c1. The van der Waals surface area contributed by atoms with Gasteiger partial charge in [-0.15, -0.1) is 0 Å². The minimum atomic E-state index is -0.708. The zero-order valence-corrected chi connectivity index (χ0v) is 14.3. The number of anilines is 1. The molecule has 0 saturated heterocycles. The van der Waals surface area contributed by atoms with Crippen LogP contribution in [-0.4, -0.2) is 16.0 Å². The first-order valence-corrected chi connectivity index (χ1v) is 8.19. The van der Waals surface area contributed by atoms with Crippen molar-refractivity contribution in [1.82, 2.24) is 4.98 Å². The van der Waals surface area contributed by atoms with Gasteiger partial charge in [-0.05, 0) is 53.6 Å². The number of hydrogen-bond donors (Lipinski definition) is 2. The summed E-state index contributed by atoms with van der Waals surface area (Å²) >= 11 is 0. The Morgan fingerprint density at radius 3 is 2.74 bits per heavy atom. The third kappa shape index (κ3) is 5.40. The Morgan fingerprint density at radius 1 is 1.15 bits per heavy atom. The number of nitrogens with zero attached hydrogens (tertiary/aromatic N) is 1. The first-order valence-electron chi connectivity index (χ1n) is 8.19.